The summed E-state index contributed by atoms with van der Waals surface area (Å²) in [6, 6.07) is 0. The molecule has 1 saturated heterocycles. The van der Waals surface area contributed by atoms with Crippen LogP contribution >= 0.6 is 24.0 Å². The maximum absolute atomic E-state index is 11.6. The van der Waals surface area contributed by atoms with Crippen LogP contribution in [0.25, 0.3) is 0 Å². The molecule has 18 heavy (non-hydrogen) atoms. The van der Waals surface area contributed by atoms with Crippen molar-refractivity contribution in [2.75, 3.05) is 31.9 Å². The zero-order chi connectivity index (χ0) is 12.7. The van der Waals surface area contributed by atoms with Gasteiger partial charge in [0.2, 0.25) is 0 Å². The predicted octanol–water partition coefficient (Wildman–Crippen LogP) is -2.80. The molecule has 1 fully saturated rings. The molecule has 10 heteroatoms. The van der Waals surface area contributed by atoms with E-state index in [0.29, 0.717) is 26.2 Å². The molecule has 1 aliphatic rings. The van der Waals surface area contributed by atoms with E-state index in [1.807, 2.05) is 6.92 Å². The van der Waals surface area contributed by atoms with Crippen molar-refractivity contribution >= 4 is 38.6 Å². The molecule has 0 aromatic heterocycles. The van der Waals surface area contributed by atoms with E-state index < -0.39 is 10.3 Å². The second-order valence-electron chi connectivity index (χ2n) is 3.45. The average molecular weight is 323 g/mol. The molecule has 0 spiro atoms. The Balaban J connectivity index is 0. The van der Waals surface area contributed by atoms with Crippen molar-refractivity contribution < 1.29 is 43.7 Å². The van der Waals surface area contributed by atoms with E-state index in [1.165, 1.54) is 16.8 Å². The Morgan fingerprint density at radius 3 is 2.72 bits per heavy atom. The number of nitrogens with one attached hydrogen (secondary N) is 2. The van der Waals surface area contributed by atoms with Crippen LogP contribution in [0.5, 0.6) is 0 Å². The zero-order valence-electron chi connectivity index (χ0n) is 11.6. The van der Waals surface area contributed by atoms with E-state index in [0.717, 1.165) is 12.2 Å². The van der Waals surface area contributed by atoms with E-state index in [1.54, 1.807) is 0 Å². The van der Waals surface area contributed by atoms with Crippen molar-refractivity contribution in [1.82, 2.24) is 15.1 Å². The minimum atomic E-state index is -3.82. The van der Waals surface area contributed by atoms with Gasteiger partial charge in [0, 0.05) is 31.9 Å². The van der Waals surface area contributed by atoms with E-state index in [4.69, 9.17) is 16.5 Å². The first-order valence-corrected chi connectivity index (χ1v) is 8.18. The van der Waals surface area contributed by atoms with Crippen LogP contribution in [0, 0.1) is 0 Å². The van der Waals surface area contributed by atoms with Crippen molar-refractivity contribution in [1.29, 1.82) is 0 Å². The molecule has 2 N–H and O–H groups in total. The van der Waals surface area contributed by atoms with Crippen LogP contribution in [0.2, 0.25) is 0 Å². The Kier molecular flexibility index (Phi) is 10.5. The maximum atomic E-state index is 11.6. The number of hydrogen-bond donors (Lipinski definition) is 2. The van der Waals surface area contributed by atoms with Crippen molar-refractivity contribution in [3.63, 3.8) is 0 Å². The smallest absolute Gasteiger partial charge is 1.00 e. The summed E-state index contributed by atoms with van der Waals surface area (Å²) in [4.78, 5) is 0. The van der Waals surface area contributed by atoms with Crippen molar-refractivity contribution in [2.24, 2.45) is 0 Å². The molecule has 0 unspecified atom stereocenters. The van der Waals surface area contributed by atoms with Gasteiger partial charge in [-0.05, 0) is 6.42 Å². The molecule has 102 valence electrons. The Labute approximate surface area is 142 Å². The molecule has 0 atom stereocenters. The number of piperazine rings is 1. The molecule has 0 aliphatic carbocycles. The minimum absolute atomic E-state index is 0. The van der Waals surface area contributed by atoms with Gasteiger partial charge in [-0.15, -0.1) is 0 Å². The second-order valence-corrected chi connectivity index (χ2v) is 6.48. The van der Waals surface area contributed by atoms with Gasteiger partial charge in [0.15, 0.2) is 0 Å². The van der Waals surface area contributed by atoms with Gasteiger partial charge in [-0.25, -0.2) is 4.72 Å². The fourth-order valence-electron chi connectivity index (χ4n) is 1.20. The predicted molar refractivity (Wildman–Crippen MR) is 74.0 cm³/mol. The Bertz CT molecular complexity index is 352. The number of rotatable bonds is 5. The third-order valence-corrected chi connectivity index (χ3v) is 4.48. The Morgan fingerprint density at radius 1 is 1.56 bits per heavy atom. The summed E-state index contributed by atoms with van der Waals surface area (Å²) in [5.41, 5.74) is 0. The van der Waals surface area contributed by atoms with Crippen molar-refractivity contribution in [3.8, 4) is 0 Å². The molecule has 0 aromatic carbocycles. The molecule has 0 radical (unpaired) electrons. The van der Waals surface area contributed by atoms with E-state index >= 15 is 0 Å². The molecule has 0 saturated carbocycles. The number of hydroxylamine groups is 2. The summed E-state index contributed by atoms with van der Waals surface area (Å²) in [6.45, 7) is 4.50. The molecule has 1 rings (SSSR count). The summed E-state index contributed by atoms with van der Waals surface area (Å²) < 4.78 is 30.5. The van der Waals surface area contributed by atoms with Gasteiger partial charge >= 0.3 is 39.9 Å². The fraction of sp³-hybridized carbons (Fsp3) is 0.875. The summed E-state index contributed by atoms with van der Waals surface area (Å²) in [5, 5.41) is 4.51. The van der Waals surface area contributed by atoms with Crippen LogP contribution in [0.1, 0.15) is 14.8 Å². The van der Waals surface area contributed by atoms with Gasteiger partial charge in [0.1, 0.15) is 4.32 Å². The number of thiocarbonyl (C=S) groups is 1. The molecular weight excluding hydrogens is 305 g/mol. The summed E-state index contributed by atoms with van der Waals surface area (Å²) in [6.07, 6.45) is 0.936. The molecule has 1 aliphatic heterocycles. The molecule has 0 bridgehead atoms. The van der Waals surface area contributed by atoms with Crippen LogP contribution in [-0.2, 0) is 14.6 Å². The van der Waals surface area contributed by atoms with E-state index in [2.05, 4.69) is 10.0 Å². The SMILES string of the molecule is CCCSC(=S)NS(=O)(=O)ON1CCNCC1.[H-].[Na+]. The van der Waals surface area contributed by atoms with Crippen LogP contribution < -0.4 is 39.6 Å². The van der Waals surface area contributed by atoms with Crippen LogP contribution in [0.3, 0.4) is 0 Å². The molecule has 6 nitrogen and oxygen atoms in total. The van der Waals surface area contributed by atoms with Crippen molar-refractivity contribution in [3.05, 3.63) is 0 Å². The summed E-state index contributed by atoms with van der Waals surface area (Å²) >= 11 is 6.19. The standard InChI is InChI=1S/C8H17N3O3S3.Na.H/c1-2-7-16-8(15)10-17(12,13)14-11-5-3-9-4-6-11;;/h9H,2-7H2,1H3,(H,10,15);;/q;+1;-1. The first-order valence-electron chi connectivity index (χ1n) is 5.38. The van der Waals surface area contributed by atoms with Gasteiger partial charge in [0.05, 0.1) is 0 Å². The van der Waals surface area contributed by atoms with Gasteiger partial charge in [0.25, 0.3) is 0 Å². The Hall–Kier alpha value is 1.07. The monoisotopic (exact) mass is 323 g/mol. The van der Waals surface area contributed by atoms with Gasteiger partial charge in [-0.2, -0.15) is 17.8 Å². The molecule has 0 aromatic rings. The third-order valence-electron chi connectivity index (χ3n) is 1.93. The normalized spacial score (nSPS) is 16.9. The maximum Gasteiger partial charge on any atom is 1.00 e. The largest absolute Gasteiger partial charge is 1.00 e. The summed E-state index contributed by atoms with van der Waals surface area (Å²) in [7, 11) is -3.82. The summed E-state index contributed by atoms with van der Waals surface area (Å²) in [5.74, 6) is 0.787. The Morgan fingerprint density at radius 2 is 2.17 bits per heavy atom. The van der Waals surface area contributed by atoms with Crippen LogP contribution in [-0.4, -0.2) is 49.7 Å². The number of hydrogen-bond acceptors (Lipinski definition) is 7. The number of nitrogens with zero attached hydrogens (tertiary/aromatic N) is 1. The zero-order valence-corrected chi connectivity index (χ0v) is 15.1. The second kappa shape index (κ2) is 9.89. The quantitative estimate of drug-likeness (QED) is 0.418. The van der Waals surface area contributed by atoms with Crippen LogP contribution in [0.4, 0.5) is 0 Å². The third kappa shape index (κ3) is 8.28. The minimum Gasteiger partial charge on any atom is -1.00 e. The van der Waals surface area contributed by atoms with Gasteiger partial charge < -0.3 is 6.74 Å². The van der Waals surface area contributed by atoms with Gasteiger partial charge in [-0.1, -0.05) is 30.9 Å². The first kappa shape index (κ1) is 19.1. The van der Waals surface area contributed by atoms with Crippen molar-refractivity contribution in [2.45, 2.75) is 13.3 Å². The molecular formula is C8H18N3NaO3S3. The van der Waals surface area contributed by atoms with E-state index in [9.17, 15) is 8.42 Å². The molecule has 0 amide bonds. The molecule has 1 heterocycles. The fourth-order valence-corrected chi connectivity index (χ4v) is 3.36. The topological polar surface area (TPSA) is 70.7 Å². The first-order chi connectivity index (χ1) is 8.03. The van der Waals surface area contributed by atoms with Gasteiger partial charge in [-0.3, -0.25) is 0 Å². The van der Waals surface area contributed by atoms with Crippen LogP contribution in [0.15, 0.2) is 0 Å². The number of thioether (sulfide) groups is 1. The average Bonchev–Trinajstić information content (AvgIpc) is 2.26. The van der Waals surface area contributed by atoms with E-state index in [-0.39, 0.29) is 35.3 Å².